The Bertz CT molecular complexity index is 1300. The molecule has 0 saturated carbocycles. The van der Waals surface area contributed by atoms with Crippen molar-refractivity contribution in [1.29, 1.82) is 0 Å². The van der Waals surface area contributed by atoms with Crippen LogP contribution in [0.25, 0.3) is 22.2 Å². The van der Waals surface area contributed by atoms with Crippen LogP contribution < -0.4 is 4.74 Å². The number of nitrogens with one attached hydrogen (secondary N) is 1. The summed E-state index contributed by atoms with van der Waals surface area (Å²) in [6.45, 7) is 5.58. The Morgan fingerprint density at radius 2 is 1.97 bits per heavy atom. The Morgan fingerprint density at radius 1 is 1.16 bits per heavy atom. The first-order valence-corrected chi connectivity index (χ1v) is 11.1. The standard InChI is InChI=1S/C25H27N5O2/c1-4-5-20-14-23(29(3)28-20)25(31)30-10-11-32-24-9-7-17(12-19(24)15-30)18-6-8-21-22(13-18)27-16(2)26-21/h6-9,12-14H,4-5,10-11,15H2,1-3H3,(H,26,27). The maximum absolute atomic E-state index is 13.3. The molecule has 1 amide bonds. The summed E-state index contributed by atoms with van der Waals surface area (Å²) in [5.74, 6) is 1.72. The Hall–Kier alpha value is -3.61. The van der Waals surface area contributed by atoms with E-state index in [1.54, 1.807) is 4.68 Å². The van der Waals surface area contributed by atoms with Crippen LogP contribution >= 0.6 is 0 Å². The lowest BCUT2D eigenvalue weighted by atomic mass is 10.0. The second-order valence-corrected chi connectivity index (χ2v) is 8.35. The van der Waals surface area contributed by atoms with Gasteiger partial charge in [0, 0.05) is 19.2 Å². The van der Waals surface area contributed by atoms with Gasteiger partial charge in [0.15, 0.2) is 0 Å². The molecular weight excluding hydrogens is 402 g/mol. The molecule has 164 valence electrons. The Labute approximate surface area is 187 Å². The molecule has 0 aliphatic carbocycles. The Kier molecular flexibility index (Phi) is 5.17. The van der Waals surface area contributed by atoms with Crippen molar-refractivity contribution in [2.75, 3.05) is 13.2 Å². The summed E-state index contributed by atoms with van der Waals surface area (Å²) >= 11 is 0. The van der Waals surface area contributed by atoms with Crippen molar-refractivity contribution in [3.8, 4) is 16.9 Å². The SMILES string of the molecule is CCCc1cc(C(=O)N2CCOc3ccc(-c4ccc5nc(C)[nH]c5c4)cc3C2)n(C)n1. The molecule has 0 atom stereocenters. The van der Waals surface area contributed by atoms with Gasteiger partial charge >= 0.3 is 0 Å². The summed E-state index contributed by atoms with van der Waals surface area (Å²) in [7, 11) is 1.83. The summed E-state index contributed by atoms with van der Waals surface area (Å²) in [6, 6.07) is 14.3. The van der Waals surface area contributed by atoms with Gasteiger partial charge in [-0.15, -0.1) is 0 Å². The maximum Gasteiger partial charge on any atom is 0.272 e. The molecule has 0 saturated heterocycles. The van der Waals surface area contributed by atoms with Gasteiger partial charge in [0.25, 0.3) is 5.91 Å². The molecule has 4 aromatic rings. The number of H-pyrrole nitrogens is 1. The van der Waals surface area contributed by atoms with E-state index in [0.29, 0.717) is 25.4 Å². The van der Waals surface area contributed by atoms with Crippen LogP contribution in [0.5, 0.6) is 5.75 Å². The minimum atomic E-state index is -0.0152. The lowest BCUT2D eigenvalue weighted by molar-refractivity contribution is 0.0722. The number of ether oxygens (including phenoxy) is 1. The number of hydrogen-bond acceptors (Lipinski definition) is 4. The van der Waals surface area contributed by atoms with Gasteiger partial charge in [-0.2, -0.15) is 5.10 Å². The monoisotopic (exact) mass is 429 g/mol. The summed E-state index contributed by atoms with van der Waals surface area (Å²) in [5, 5.41) is 4.49. The van der Waals surface area contributed by atoms with E-state index in [4.69, 9.17) is 4.74 Å². The molecule has 0 fully saturated rings. The number of aromatic nitrogens is 4. The van der Waals surface area contributed by atoms with Gasteiger partial charge in [0.2, 0.25) is 0 Å². The lowest BCUT2D eigenvalue weighted by Crippen LogP contribution is -2.33. The Balaban J connectivity index is 1.44. The summed E-state index contributed by atoms with van der Waals surface area (Å²) in [5.41, 5.74) is 6.74. The number of carbonyl (C=O) groups is 1. The lowest BCUT2D eigenvalue weighted by Gasteiger charge is -2.20. The van der Waals surface area contributed by atoms with Crippen molar-refractivity contribution < 1.29 is 9.53 Å². The van der Waals surface area contributed by atoms with Gasteiger partial charge in [-0.25, -0.2) is 4.98 Å². The van der Waals surface area contributed by atoms with Crippen LogP contribution in [0.15, 0.2) is 42.5 Å². The predicted octanol–water partition coefficient (Wildman–Crippen LogP) is 4.26. The third-order valence-corrected chi connectivity index (χ3v) is 5.92. The average molecular weight is 430 g/mol. The van der Waals surface area contributed by atoms with E-state index >= 15 is 0 Å². The smallest absolute Gasteiger partial charge is 0.272 e. The molecule has 0 radical (unpaired) electrons. The number of hydrogen-bond donors (Lipinski definition) is 1. The second-order valence-electron chi connectivity index (χ2n) is 8.35. The summed E-state index contributed by atoms with van der Waals surface area (Å²) < 4.78 is 7.66. The topological polar surface area (TPSA) is 76.0 Å². The number of rotatable bonds is 4. The van der Waals surface area contributed by atoms with E-state index in [-0.39, 0.29) is 5.91 Å². The van der Waals surface area contributed by atoms with E-state index < -0.39 is 0 Å². The number of amides is 1. The molecule has 1 aliphatic heterocycles. The van der Waals surface area contributed by atoms with Crippen LogP contribution in [0, 0.1) is 6.92 Å². The molecule has 5 rings (SSSR count). The second kappa shape index (κ2) is 8.15. The fourth-order valence-electron chi connectivity index (χ4n) is 4.33. The molecule has 3 heterocycles. The third-order valence-electron chi connectivity index (χ3n) is 5.92. The fourth-order valence-corrected chi connectivity index (χ4v) is 4.33. The first-order chi connectivity index (χ1) is 15.5. The van der Waals surface area contributed by atoms with E-state index in [0.717, 1.165) is 57.8 Å². The first-order valence-electron chi connectivity index (χ1n) is 11.1. The van der Waals surface area contributed by atoms with Crippen LogP contribution in [-0.4, -0.2) is 43.7 Å². The first kappa shape index (κ1) is 20.3. The number of carbonyl (C=O) groups excluding carboxylic acids is 1. The van der Waals surface area contributed by atoms with Gasteiger partial charge < -0.3 is 14.6 Å². The molecule has 2 aromatic carbocycles. The quantitative estimate of drug-likeness (QED) is 0.526. The third kappa shape index (κ3) is 3.75. The molecule has 0 spiro atoms. The van der Waals surface area contributed by atoms with E-state index in [2.05, 4.69) is 46.3 Å². The van der Waals surface area contributed by atoms with Crippen LogP contribution in [0.1, 0.15) is 40.9 Å². The summed E-state index contributed by atoms with van der Waals surface area (Å²) in [6.07, 6.45) is 1.87. The molecule has 1 N–H and O–H groups in total. The minimum Gasteiger partial charge on any atom is -0.491 e. The predicted molar refractivity (Wildman–Crippen MR) is 124 cm³/mol. The number of imidazole rings is 1. The molecule has 7 nitrogen and oxygen atoms in total. The molecule has 0 unspecified atom stereocenters. The number of benzene rings is 2. The Morgan fingerprint density at radius 3 is 2.81 bits per heavy atom. The van der Waals surface area contributed by atoms with E-state index in [1.165, 1.54) is 0 Å². The highest BCUT2D eigenvalue weighted by Gasteiger charge is 2.24. The number of aromatic amines is 1. The molecule has 1 aliphatic rings. The number of fused-ring (bicyclic) bond motifs is 2. The average Bonchev–Trinajstić information content (AvgIpc) is 3.25. The molecule has 32 heavy (non-hydrogen) atoms. The van der Waals surface area contributed by atoms with Crippen LogP contribution in [0.3, 0.4) is 0 Å². The van der Waals surface area contributed by atoms with Crippen LogP contribution in [0.4, 0.5) is 0 Å². The maximum atomic E-state index is 13.3. The minimum absolute atomic E-state index is 0.0152. The van der Waals surface area contributed by atoms with Crippen LogP contribution in [-0.2, 0) is 20.0 Å². The van der Waals surface area contributed by atoms with Crippen molar-refractivity contribution in [3.05, 3.63) is 65.2 Å². The molecule has 2 aromatic heterocycles. The number of aryl methyl sites for hydroxylation is 3. The van der Waals surface area contributed by atoms with Crippen molar-refractivity contribution in [2.24, 2.45) is 7.05 Å². The molecule has 7 heteroatoms. The van der Waals surface area contributed by atoms with Gasteiger partial charge in [-0.05, 0) is 54.8 Å². The van der Waals surface area contributed by atoms with E-state index in [9.17, 15) is 4.79 Å². The van der Waals surface area contributed by atoms with Crippen molar-refractivity contribution in [3.63, 3.8) is 0 Å². The molecular formula is C25H27N5O2. The highest BCUT2D eigenvalue weighted by molar-refractivity contribution is 5.93. The summed E-state index contributed by atoms with van der Waals surface area (Å²) in [4.78, 5) is 22.9. The normalized spacial score (nSPS) is 13.7. The highest BCUT2D eigenvalue weighted by atomic mass is 16.5. The van der Waals surface area contributed by atoms with Crippen molar-refractivity contribution >= 4 is 16.9 Å². The van der Waals surface area contributed by atoms with Crippen molar-refractivity contribution in [1.82, 2.24) is 24.6 Å². The van der Waals surface area contributed by atoms with Crippen molar-refractivity contribution in [2.45, 2.75) is 33.2 Å². The van der Waals surface area contributed by atoms with Gasteiger partial charge in [-0.1, -0.05) is 25.5 Å². The van der Waals surface area contributed by atoms with E-state index in [1.807, 2.05) is 37.1 Å². The zero-order valence-corrected chi connectivity index (χ0v) is 18.7. The fraction of sp³-hybridized carbons (Fsp3) is 0.320. The molecule has 0 bridgehead atoms. The largest absolute Gasteiger partial charge is 0.491 e. The van der Waals surface area contributed by atoms with Crippen LogP contribution in [0.2, 0.25) is 0 Å². The van der Waals surface area contributed by atoms with Gasteiger partial charge in [0.1, 0.15) is 23.9 Å². The zero-order chi connectivity index (χ0) is 22.2. The highest BCUT2D eigenvalue weighted by Crippen LogP contribution is 2.31. The zero-order valence-electron chi connectivity index (χ0n) is 18.7. The van der Waals surface area contributed by atoms with Gasteiger partial charge in [0.05, 0.1) is 23.3 Å². The van der Waals surface area contributed by atoms with Gasteiger partial charge in [-0.3, -0.25) is 9.48 Å². The number of nitrogens with zero attached hydrogens (tertiary/aromatic N) is 4.